The maximum absolute atomic E-state index is 10.00. The maximum atomic E-state index is 10.00. The van der Waals surface area contributed by atoms with Gasteiger partial charge in [-0.1, -0.05) is 24.3 Å². The molecular formula is C21H19N3O2. The summed E-state index contributed by atoms with van der Waals surface area (Å²) in [4.78, 5) is 7.49. The Morgan fingerprint density at radius 3 is 2.50 bits per heavy atom. The summed E-state index contributed by atoms with van der Waals surface area (Å²) in [5.41, 5.74) is 4.98. The largest absolute Gasteiger partial charge is 0.504 e. The number of pyridine rings is 1. The van der Waals surface area contributed by atoms with Gasteiger partial charge in [-0.3, -0.25) is 4.98 Å². The number of aromatic amines is 1. The number of nitrogens with one attached hydrogen (secondary N) is 2. The van der Waals surface area contributed by atoms with Gasteiger partial charge in [0.25, 0.3) is 0 Å². The van der Waals surface area contributed by atoms with Crippen LogP contribution in [0.1, 0.15) is 22.9 Å². The van der Waals surface area contributed by atoms with Gasteiger partial charge in [0.1, 0.15) is 0 Å². The second-order valence-corrected chi connectivity index (χ2v) is 6.27. The van der Waals surface area contributed by atoms with Crippen LogP contribution < -0.4 is 5.32 Å². The summed E-state index contributed by atoms with van der Waals surface area (Å²) in [7, 11) is 0. The normalized spacial score (nSPS) is 12.2. The van der Waals surface area contributed by atoms with Crippen LogP contribution >= 0.6 is 0 Å². The first kappa shape index (κ1) is 16.0. The van der Waals surface area contributed by atoms with Gasteiger partial charge < -0.3 is 20.5 Å². The number of aromatic nitrogens is 2. The van der Waals surface area contributed by atoms with E-state index in [9.17, 15) is 10.2 Å². The Kier molecular flexibility index (Phi) is 3.97. The van der Waals surface area contributed by atoms with Gasteiger partial charge in [-0.2, -0.15) is 0 Å². The third kappa shape index (κ3) is 2.84. The van der Waals surface area contributed by atoms with E-state index in [0.717, 1.165) is 33.4 Å². The summed E-state index contributed by atoms with van der Waals surface area (Å²) in [5.74, 6) is -0.270. The number of hydrogen-bond acceptors (Lipinski definition) is 4. The highest BCUT2D eigenvalue weighted by molar-refractivity contribution is 5.86. The molecule has 0 saturated carbocycles. The fourth-order valence-electron chi connectivity index (χ4n) is 3.33. The van der Waals surface area contributed by atoms with Gasteiger partial charge >= 0.3 is 0 Å². The zero-order valence-corrected chi connectivity index (χ0v) is 14.3. The Bertz CT molecular complexity index is 1060. The molecule has 1 atom stereocenters. The Morgan fingerprint density at radius 1 is 0.962 bits per heavy atom. The SMILES string of the molecule is Cc1[nH]c2ccccc2c1C(Nc1ccncc1)c1ccc(O)c(O)c1. The molecule has 0 saturated heterocycles. The monoisotopic (exact) mass is 345 g/mol. The van der Waals surface area contributed by atoms with Crippen molar-refractivity contribution in [3.8, 4) is 11.5 Å². The van der Waals surface area contributed by atoms with Crippen molar-refractivity contribution in [2.45, 2.75) is 13.0 Å². The molecule has 130 valence electrons. The van der Waals surface area contributed by atoms with Crippen LogP contribution in [0.5, 0.6) is 11.5 Å². The number of aromatic hydroxyl groups is 2. The van der Waals surface area contributed by atoms with E-state index >= 15 is 0 Å². The lowest BCUT2D eigenvalue weighted by Crippen LogP contribution is -2.13. The van der Waals surface area contributed by atoms with E-state index in [1.54, 1.807) is 18.5 Å². The van der Waals surface area contributed by atoms with E-state index in [0.29, 0.717) is 0 Å². The van der Waals surface area contributed by atoms with Gasteiger partial charge in [-0.25, -0.2) is 0 Å². The van der Waals surface area contributed by atoms with Gasteiger partial charge in [0, 0.05) is 40.2 Å². The maximum Gasteiger partial charge on any atom is 0.157 e. The number of benzene rings is 2. The van der Waals surface area contributed by atoms with Crippen LogP contribution in [0.15, 0.2) is 67.0 Å². The van der Waals surface area contributed by atoms with Crippen LogP contribution in [0.25, 0.3) is 10.9 Å². The molecule has 0 aliphatic carbocycles. The topological polar surface area (TPSA) is 81.2 Å². The molecule has 0 aliphatic rings. The number of aryl methyl sites for hydroxylation is 1. The Labute approximate surface area is 151 Å². The molecule has 5 nitrogen and oxygen atoms in total. The lowest BCUT2D eigenvalue weighted by molar-refractivity contribution is 0.403. The van der Waals surface area contributed by atoms with Gasteiger partial charge in [0.05, 0.1) is 6.04 Å². The highest BCUT2D eigenvalue weighted by Gasteiger charge is 2.22. The summed E-state index contributed by atoms with van der Waals surface area (Å²) in [6, 6.07) is 16.6. The molecule has 0 spiro atoms. The van der Waals surface area contributed by atoms with Gasteiger partial charge in [0.15, 0.2) is 11.5 Å². The summed E-state index contributed by atoms with van der Waals surface area (Å²) in [6.45, 7) is 2.04. The number of anilines is 1. The zero-order chi connectivity index (χ0) is 18.1. The minimum Gasteiger partial charge on any atom is -0.504 e. The summed E-state index contributed by atoms with van der Waals surface area (Å²) < 4.78 is 0. The Morgan fingerprint density at radius 2 is 1.73 bits per heavy atom. The summed E-state index contributed by atoms with van der Waals surface area (Å²) in [5, 5.41) is 24.3. The molecule has 1 unspecified atom stereocenters. The standard InChI is InChI=1S/C21H19N3O2/c1-13-20(16-4-2-3-5-17(16)23-13)21(24-15-8-10-22-11-9-15)14-6-7-18(25)19(26)12-14/h2-12,21,23,25-26H,1H3,(H,22,24). The fourth-order valence-corrected chi connectivity index (χ4v) is 3.33. The number of rotatable bonds is 4. The van der Waals surface area contributed by atoms with Crippen LogP contribution in [-0.2, 0) is 0 Å². The van der Waals surface area contributed by atoms with Crippen LogP contribution in [0, 0.1) is 6.92 Å². The number of hydrogen-bond donors (Lipinski definition) is 4. The summed E-state index contributed by atoms with van der Waals surface area (Å²) >= 11 is 0. The van der Waals surface area contributed by atoms with Gasteiger partial charge in [-0.05, 0) is 42.8 Å². The van der Waals surface area contributed by atoms with Crippen molar-refractivity contribution in [1.29, 1.82) is 0 Å². The van der Waals surface area contributed by atoms with Gasteiger partial charge in [-0.15, -0.1) is 0 Å². The predicted molar refractivity (Wildman–Crippen MR) is 103 cm³/mol. The van der Waals surface area contributed by atoms with Crippen molar-refractivity contribution < 1.29 is 10.2 Å². The van der Waals surface area contributed by atoms with E-state index in [4.69, 9.17) is 0 Å². The molecule has 2 aromatic carbocycles. The van der Waals surface area contributed by atoms with Crippen molar-refractivity contribution in [2.24, 2.45) is 0 Å². The van der Waals surface area contributed by atoms with Crippen molar-refractivity contribution >= 4 is 16.6 Å². The number of fused-ring (bicyclic) bond motifs is 1. The van der Waals surface area contributed by atoms with Crippen LogP contribution in [-0.4, -0.2) is 20.2 Å². The first-order chi connectivity index (χ1) is 12.6. The van der Waals surface area contributed by atoms with E-state index in [1.165, 1.54) is 6.07 Å². The minimum atomic E-state index is -0.208. The van der Waals surface area contributed by atoms with Crippen molar-refractivity contribution in [3.05, 3.63) is 83.8 Å². The number of H-pyrrole nitrogens is 1. The lowest BCUT2D eigenvalue weighted by Gasteiger charge is -2.22. The molecule has 2 aromatic heterocycles. The van der Waals surface area contributed by atoms with E-state index < -0.39 is 0 Å². The molecule has 5 heteroatoms. The van der Waals surface area contributed by atoms with Crippen molar-refractivity contribution in [1.82, 2.24) is 9.97 Å². The van der Waals surface area contributed by atoms with E-state index in [1.807, 2.05) is 43.3 Å². The first-order valence-electron chi connectivity index (χ1n) is 8.39. The van der Waals surface area contributed by atoms with Crippen LogP contribution in [0.3, 0.4) is 0 Å². The Balaban J connectivity index is 1.89. The summed E-state index contributed by atoms with van der Waals surface area (Å²) in [6.07, 6.45) is 3.46. The van der Waals surface area contributed by atoms with Gasteiger partial charge in [0.2, 0.25) is 0 Å². The molecule has 0 aliphatic heterocycles. The number of para-hydroxylation sites is 1. The molecule has 4 rings (SSSR count). The molecule has 2 heterocycles. The molecule has 26 heavy (non-hydrogen) atoms. The average molecular weight is 345 g/mol. The quantitative estimate of drug-likeness (QED) is 0.411. The van der Waals surface area contributed by atoms with Crippen molar-refractivity contribution in [3.63, 3.8) is 0 Å². The Hall–Kier alpha value is -3.47. The fraction of sp³-hybridized carbons (Fsp3) is 0.0952. The highest BCUT2D eigenvalue weighted by Crippen LogP contribution is 2.37. The number of phenolic OH excluding ortho intramolecular Hbond substituents is 2. The minimum absolute atomic E-state index is 0.132. The first-order valence-corrected chi connectivity index (χ1v) is 8.39. The second kappa shape index (κ2) is 6.44. The molecule has 4 N–H and O–H groups in total. The smallest absolute Gasteiger partial charge is 0.157 e. The predicted octanol–water partition coefficient (Wildman–Crippen LogP) is 4.48. The zero-order valence-electron chi connectivity index (χ0n) is 14.3. The highest BCUT2D eigenvalue weighted by atomic mass is 16.3. The molecule has 0 bridgehead atoms. The van der Waals surface area contributed by atoms with Crippen LogP contribution in [0.4, 0.5) is 5.69 Å². The lowest BCUT2D eigenvalue weighted by atomic mass is 9.95. The average Bonchev–Trinajstić information content (AvgIpc) is 2.99. The van der Waals surface area contributed by atoms with Crippen molar-refractivity contribution in [2.75, 3.05) is 5.32 Å². The molecular weight excluding hydrogens is 326 g/mol. The second-order valence-electron chi connectivity index (χ2n) is 6.27. The number of nitrogens with zero attached hydrogens (tertiary/aromatic N) is 1. The van der Waals surface area contributed by atoms with Crippen LogP contribution in [0.2, 0.25) is 0 Å². The molecule has 0 fully saturated rings. The number of phenols is 2. The molecule has 0 amide bonds. The molecule has 0 radical (unpaired) electrons. The third-order valence-electron chi connectivity index (χ3n) is 4.56. The van der Waals surface area contributed by atoms with E-state index in [-0.39, 0.29) is 17.5 Å². The third-order valence-corrected chi connectivity index (χ3v) is 4.56. The van der Waals surface area contributed by atoms with E-state index in [2.05, 4.69) is 21.4 Å². The molecule has 4 aromatic rings.